The fraction of sp³-hybridized carbons (Fsp3) is 0.824. The molecule has 0 aromatic carbocycles. The van der Waals surface area contributed by atoms with Gasteiger partial charge in [0.05, 0.1) is 5.69 Å². The van der Waals surface area contributed by atoms with E-state index in [4.69, 9.17) is 4.74 Å². The van der Waals surface area contributed by atoms with Crippen LogP contribution in [0, 0.1) is 12.8 Å². The highest BCUT2D eigenvalue weighted by Gasteiger charge is 2.23. The van der Waals surface area contributed by atoms with Gasteiger partial charge in [-0.3, -0.25) is 0 Å². The summed E-state index contributed by atoms with van der Waals surface area (Å²) in [6, 6.07) is 0.629. The van der Waals surface area contributed by atoms with Crippen LogP contribution in [0.15, 0.2) is 6.20 Å². The lowest BCUT2D eigenvalue weighted by molar-refractivity contribution is 0.197. The lowest BCUT2D eigenvalue weighted by atomic mass is 9.83. The first kappa shape index (κ1) is 16.3. The largest absolute Gasteiger partial charge is 0.385 e. The number of ether oxygens (including phenoxy) is 1. The zero-order chi connectivity index (χ0) is 15.1. The smallest absolute Gasteiger partial charge is 0.203 e. The molecule has 4 nitrogen and oxygen atoms in total. The second-order valence-corrected chi connectivity index (χ2v) is 6.35. The maximum atomic E-state index is 5.10. The number of aromatic nitrogens is 2. The minimum absolute atomic E-state index is 0.629. The quantitative estimate of drug-likeness (QED) is 0.731. The molecule has 1 N–H and O–H groups in total. The summed E-state index contributed by atoms with van der Waals surface area (Å²) in [6.07, 6.45) is 11.3. The number of aryl methyl sites for hydroxylation is 1. The van der Waals surface area contributed by atoms with Crippen molar-refractivity contribution in [2.24, 2.45) is 5.92 Å². The number of nitrogens with one attached hydrogen (secondary N) is 1. The van der Waals surface area contributed by atoms with Gasteiger partial charge in [0.1, 0.15) is 0 Å². The van der Waals surface area contributed by atoms with Crippen LogP contribution in [0.5, 0.6) is 0 Å². The molecule has 1 aliphatic rings. The zero-order valence-corrected chi connectivity index (χ0v) is 13.9. The fourth-order valence-corrected chi connectivity index (χ4v) is 3.46. The highest BCUT2D eigenvalue weighted by molar-refractivity contribution is 5.29. The number of nitrogens with zero attached hydrogens (tertiary/aromatic N) is 2. The van der Waals surface area contributed by atoms with Crippen molar-refractivity contribution < 1.29 is 4.74 Å². The SMILES string of the molecule is CCCC1CCC(n2cc(C)nc2NCCCOC)CC1. The third-order valence-electron chi connectivity index (χ3n) is 4.57. The minimum atomic E-state index is 0.629. The Balaban J connectivity index is 1.90. The average molecular weight is 293 g/mol. The molecule has 4 heteroatoms. The van der Waals surface area contributed by atoms with Crippen LogP contribution in [0.3, 0.4) is 0 Å². The molecule has 0 atom stereocenters. The molecule has 0 amide bonds. The number of methoxy groups -OCH3 is 1. The molecule has 120 valence electrons. The molecular weight excluding hydrogens is 262 g/mol. The molecule has 2 rings (SSSR count). The van der Waals surface area contributed by atoms with Gasteiger partial charge >= 0.3 is 0 Å². The summed E-state index contributed by atoms with van der Waals surface area (Å²) in [5.41, 5.74) is 1.11. The van der Waals surface area contributed by atoms with E-state index >= 15 is 0 Å². The number of rotatable bonds is 8. The summed E-state index contributed by atoms with van der Waals surface area (Å²) in [4.78, 5) is 4.65. The molecule has 21 heavy (non-hydrogen) atoms. The fourth-order valence-electron chi connectivity index (χ4n) is 3.46. The zero-order valence-electron chi connectivity index (χ0n) is 13.9. The monoisotopic (exact) mass is 293 g/mol. The average Bonchev–Trinajstić information content (AvgIpc) is 2.86. The lowest BCUT2D eigenvalue weighted by Crippen LogP contribution is -2.20. The Labute approximate surface area is 129 Å². The molecule has 1 heterocycles. The van der Waals surface area contributed by atoms with Gasteiger partial charge in [-0.1, -0.05) is 19.8 Å². The Morgan fingerprint density at radius 2 is 2.10 bits per heavy atom. The summed E-state index contributed by atoms with van der Waals surface area (Å²) >= 11 is 0. The molecule has 1 aromatic rings. The Morgan fingerprint density at radius 1 is 1.33 bits per heavy atom. The Kier molecular flexibility index (Phi) is 6.55. The van der Waals surface area contributed by atoms with E-state index in [0.29, 0.717) is 6.04 Å². The van der Waals surface area contributed by atoms with Crippen LogP contribution in [0.4, 0.5) is 5.95 Å². The van der Waals surface area contributed by atoms with Crippen LogP contribution < -0.4 is 5.32 Å². The molecule has 0 aliphatic heterocycles. The summed E-state index contributed by atoms with van der Waals surface area (Å²) in [5.74, 6) is 2.00. The highest BCUT2D eigenvalue weighted by atomic mass is 16.5. The molecule has 1 saturated carbocycles. The first-order chi connectivity index (χ1) is 10.2. The van der Waals surface area contributed by atoms with E-state index in [0.717, 1.165) is 37.1 Å². The van der Waals surface area contributed by atoms with Crippen molar-refractivity contribution in [2.75, 3.05) is 25.6 Å². The van der Waals surface area contributed by atoms with Gasteiger partial charge in [-0.25, -0.2) is 4.98 Å². The molecule has 0 unspecified atom stereocenters. The van der Waals surface area contributed by atoms with Crippen molar-refractivity contribution in [1.29, 1.82) is 0 Å². The molecular formula is C17H31N3O. The highest BCUT2D eigenvalue weighted by Crippen LogP contribution is 2.35. The molecule has 1 aromatic heterocycles. The van der Waals surface area contributed by atoms with Crippen molar-refractivity contribution in [3.8, 4) is 0 Å². The van der Waals surface area contributed by atoms with E-state index in [2.05, 4.69) is 34.9 Å². The summed E-state index contributed by atoms with van der Waals surface area (Å²) in [6.45, 7) is 6.11. The van der Waals surface area contributed by atoms with Crippen LogP contribution in [-0.2, 0) is 4.74 Å². The number of anilines is 1. The molecule has 1 fully saturated rings. The minimum Gasteiger partial charge on any atom is -0.385 e. The number of hydrogen-bond donors (Lipinski definition) is 1. The van der Waals surface area contributed by atoms with Crippen LogP contribution in [-0.4, -0.2) is 29.8 Å². The second kappa shape index (κ2) is 8.42. The van der Waals surface area contributed by atoms with Gasteiger partial charge in [-0.15, -0.1) is 0 Å². The summed E-state index contributed by atoms with van der Waals surface area (Å²) < 4.78 is 7.48. The van der Waals surface area contributed by atoms with Gasteiger partial charge in [0.25, 0.3) is 0 Å². The maximum absolute atomic E-state index is 5.10. The van der Waals surface area contributed by atoms with Crippen molar-refractivity contribution >= 4 is 5.95 Å². The summed E-state index contributed by atoms with van der Waals surface area (Å²) in [5, 5.41) is 3.47. The van der Waals surface area contributed by atoms with Crippen molar-refractivity contribution in [2.45, 2.75) is 64.8 Å². The second-order valence-electron chi connectivity index (χ2n) is 6.35. The van der Waals surface area contributed by atoms with Crippen LogP contribution in [0.1, 0.15) is 63.6 Å². The van der Waals surface area contributed by atoms with Gasteiger partial charge in [0.2, 0.25) is 5.95 Å². The van der Waals surface area contributed by atoms with Crippen molar-refractivity contribution in [3.05, 3.63) is 11.9 Å². The van der Waals surface area contributed by atoms with E-state index in [1.165, 1.54) is 38.5 Å². The van der Waals surface area contributed by atoms with Crippen LogP contribution in [0.25, 0.3) is 0 Å². The first-order valence-corrected chi connectivity index (χ1v) is 8.52. The van der Waals surface area contributed by atoms with Gasteiger partial charge in [0, 0.05) is 32.5 Å². The van der Waals surface area contributed by atoms with Gasteiger partial charge in [-0.2, -0.15) is 0 Å². The van der Waals surface area contributed by atoms with E-state index in [-0.39, 0.29) is 0 Å². The van der Waals surface area contributed by atoms with E-state index in [9.17, 15) is 0 Å². The standard InChI is InChI=1S/C17H31N3O/c1-4-6-15-7-9-16(10-8-15)20-13-14(2)19-17(20)18-11-5-12-21-3/h13,15-16H,4-12H2,1-3H3,(H,18,19). The van der Waals surface area contributed by atoms with Gasteiger partial charge in [0.15, 0.2) is 0 Å². The molecule has 0 bridgehead atoms. The molecule has 1 aliphatic carbocycles. The predicted molar refractivity (Wildman–Crippen MR) is 87.8 cm³/mol. The van der Waals surface area contributed by atoms with E-state index in [1.807, 2.05) is 0 Å². The maximum Gasteiger partial charge on any atom is 0.203 e. The predicted octanol–water partition coefficient (Wildman–Crippen LogP) is 4.17. The lowest BCUT2D eigenvalue weighted by Gasteiger charge is -2.30. The van der Waals surface area contributed by atoms with Crippen molar-refractivity contribution in [1.82, 2.24) is 9.55 Å². The van der Waals surface area contributed by atoms with Crippen LogP contribution >= 0.6 is 0 Å². The van der Waals surface area contributed by atoms with Gasteiger partial charge in [-0.05, 0) is 44.9 Å². The third kappa shape index (κ3) is 4.73. The molecule has 0 spiro atoms. The van der Waals surface area contributed by atoms with Gasteiger partial charge < -0.3 is 14.6 Å². The number of imidazole rings is 1. The van der Waals surface area contributed by atoms with Crippen LogP contribution in [0.2, 0.25) is 0 Å². The summed E-state index contributed by atoms with van der Waals surface area (Å²) in [7, 11) is 1.75. The Morgan fingerprint density at radius 3 is 2.76 bits per heavy atom. The normalized spacial score (nSPS) is 22.4. The topological polar surface area (TPSA) is 39.1 Å². The van der Waals surface area contributed by atoms with Crippen molar-refractivity contribution in [3.63, 3.8) is 0 Å². The first-order valence-electron chi connectivity index (χ1n) is 8.52. The number of hydrogen-bond acceptors (Lipinski definition) is 3. The molecule has 0 radical (unpaired) electrons. The van der Waals surface area contributed by atoms with E-state index < -0.39 is 0 Å². The Hall–Kier alpha value is -1.03. The molecule has 0 saturated heterocycles. The Bertz CT molecular complexity index is 408. The van der Waals surface area contributed by atoms with E-state index in [1.54, 1.807) is 7.11 Å². The third-order valence-corrected chi connectivity index (χ3v) is 4.57.